The maximum atomic E-state index is 12.3. The van der Waals surface area contributed by atoms with Gasteiger partial charge in [-0.15, -0.1) is 0 Å². The lowest BCUT2D eigenvalue weighted by Crippen LogP contribution is -2.30. The Labute approximate surface area is 164 Å². The molecule has 0 aliphatic rings. The van der Waals surface area contributed by atoms with Gasteiger partial charge in [0.1, 0.15) is 5.75 Å². The van der Waals surface area contributed by atoms with Crippen molar-refractivity contribution in [3.8, 4) is 5.75 Å². The molecule has 2 N–H and O–H groups in total. The van der Waals surface area contributed by atoms with Gasteiger partial charge in [-0.1, -0.05) is 17.7 Å². The zero-order valence-electron chi connectivity index (χ0n) is 16.4. The van der Waals surface area contributed by atoms with Crippen molar-refractivity contribution in [2.24, 2.45) is 0 Å². The summed E-state index contributed by atoms with van der Waals surface area (Å²) in [7, 11) is 1.53. The molecular formula is C21H24N2O5. The molecule has 2 rings (SSSR count). The highest BCUT2D eigenvalue weighted by Gasteiger charge is 2.19. The predicted octanol–water partition coefficient (Wildman–Crippen LogP) is 3.07. The topological polar surface area (TPSA) is 93.7 Å². The van der Waals surface area contributed by atoms with E-state index in [0.717, 1.165) is 5.56 Å². The largest absolute Gasteiger partial charge is 0.496 e. The second kappa shape index (κ2) is 9.55. The van der Waals surface area contributed by atoms with Crippen LogP contribution in [-0.2, 0) is 25.5 Å². The van der Waals surface area contributed by atoms with Gasteiger partial charge in [-0.3, -0.25) is 14.4 Å². The zero-order chi connectivity index (χ0) is 20.7. The summed E-state index contributed by atoms with van der Waals surface area (Å²) in [6, 6.07) is 12.2. The van der Waals surface area contributed by atoms with Crippen LogP contribution >= 0.6 is 0 Å². The smallest absolute Gasteiger partial charge is 0.311 e. The summed E-state index contributed by atoms with van der Waals surface area (Å²) < 4.78 is 10.5. The molecule has 0 bridgehead atoms. The number of esters is 1. The number of ether oxygens (including phenoxy) is 2. The number of carbonyl (C=O) groups excluding carboxylic acids is 3. The Balaban J connectivity index is 1.92. The van der Waals surface area contributed by atoms with Crippen LogP contribution in [0.4, 0.5) is 11.4 Å². The van der Waals surface area contributed by atoms with E-state index < -0.39 is 18.0 Å². The number of amides is 2. The molecule has 0 saturated carbocycles. The average molecular weight is 384 g/mol. The fourth-order valence-corrected chi connectivity index (χ4v) is 2.58. The van der Waals surface area contributed by atoms with Crippen molar-refractivity contribution in [2.75, 3.05) is 17.7 Å². The molecule has 28 heavy (non-hydrogen) atoms. The molecule has 0 saturated heterocycles. The highest BCUT2D eigenvalue weighted by atomic mass is 16.5. The Morgan fingerprint density at radius 3 is 2.18 bits per heavy atom. The quantitative estimate of drug-likeness (QED) is 0.716. The summed E-state index contributed by atoms with van der Waals surface area (Å²) >= 11 is 0. The second-order valence-electron chi connectivity index (χ2n) is 6.37. The first kappa shape index (κ1) is 21.0. The van der Waals surface area contributed by atoms with Crippen molar-refractivity contribution in [3.05, 3.63) is 53.6 Å². The number of anilines is 2. The van der Waals surface area contributed by atoms with E-state index in [9.17, 15) is 14.4 Å². The van der Waals surface area contributed by atoms with Crippen molar-refractivity contribution in [1.82, 2.24) is 0 Å². The summed E-state index contributed by atoms with van der Waals surface area (Å²) in [5.74, 6) is -0.550. The lowest BCUT2D eigenvalue weighted by Gasteiger charge is -2.15. The molecule has 0 aromatic heterocycles. The van der Waals surface area contributed by atoms with Crippen LogP contribution in [0.5, 0.6) is 5.75 Å². The molecule has 0 heterocycles. The molecule has 2 aromatic carbocycles. The Hall–Kier alpha value is -3.35. The van der Waals surface area contributed by atoms with Gasteiger partial charge in [0.25, 0.3) is 5.91 Å². The molecule has 0 aliphatic carbocycles. The first-order chi connectivity index (χ1) is 13.3. The van der Waals surface area contributed by atoms with Crippen molar-refractivity contribution in [2.45, 2.75) is 33.3 Å². The van der Waals surface area contributed by atoms with Gasteiger partial charge in [-0.25, -0.2) is 0 Å². The molecule has 0 aliphatic heterocycles. The van der Waals surface area contributed by atoms with Crippen LogP contribution in [0.3, 0.4) is 0 Å². The van der Waals surface area contributed by atoms with Crippen LogP contribution in [0.25, 0.3) is 0 Å². The zero-order valence-corrected chi connectivity index (χ0v) is 16.4. The number of benzene rings is 2. The van der Waals surface area contributed by atoms with Crippen molar-refractivity contribution >= 4 is 29.2 Å². The fraction of sp³-hybridized carbons (Fsp3) is 0.286. The molecule has 148 valence electrons. The van der Waals surface area contributed by atoms with Crippen LogP contribution < -0.4 is 15.4 Å². The Morgan fingerprint density at radius 2 is 1.61 bits per heavy atom. The van der Waals surface area contributed by atoms with E-state index in [0.29, 0.717) is 22.7 Å². The van der Waals surface area contributed by atoms with Gasteiger partial charge < -0.3 is 20.1 Å². The maximum absolute atomic E-state index is 12.3. The van der Waals surface area contributed by atoms with E-state index >= 15 is 0 Å². The molecule has 1 atom stereocenters. The van der Waals surface area contributed by atoms with Crippen molar-refractivity contribution in [3.63, 3.8) is 0 Å². The van der Waals surface area contributed by atoms with Crippen LogP contribution in [0.1, 0.15) is 25.0 Å². The molecular weight excluding hydrogens is 360 g/mol. The van der Waals surface area contributed by atoms with Gasteiger partial charge in [0.05, 0.1) is 13.5 Å². The number of nitrogens with one attached hydrogen (secondary N) is 2. The van der Waals surface area contributed by atoms with Crippen LogP contribution in [0.2, 0.25) is 0 Å². The van der Waals surface area contributed by atoms with Gasteiger partial charge in [0, 0.05) is 23.9 Å². The van der Waals surface area contributed by atoms with E-state index in [1.165, 1.54) is 21.0 Å². The predicted molar refractivity (Wildman–Crippen MR) is 106 cm³/mol. The van der Waals surface area contributed by atoms with E-state index in [1.807, 2.05) is 19.1 Å². The summed E-state index contributed by atoms with van der Waals surface area (Å²) in [5.41, 5.74) is 2.85. The van der Waals surface area contributed by atoms with Gasteiger partial charge in [0.2, 0.25) is 5.91 Å². The fourth-order valence-electron chi connectivity index (χ4n) is 2.58. The van der Waals surface area contributed by atoms with E-state index in [2.05, 4.69) is 10.6 Å². The molecule has 0 spiro atoms. The molecule has 0 radical (unpaired) electrons. The molecule has 0 fully saturated rings. The number of hydrogen-bond acceptors (Lipinski definition) is 5. The van der Waals surface area contributed by atoms with Crippen LogP contribution in [0.15, 0.2) is 42.5 Å². The third kappa shape index (κ3) is 6.12. The lowest BCUT2D eigenvalue weighted by molar-refractivity contribution is -0.152. The van der Waals surface area contributed by atoms with Crippen molar-refractivity contribution in [1.29, 1.82) is 0 Å². The number of rotatable bonds is 7. The summed E-state index contributed by atoms with van der Waals surface area (Å²) in [6.07, 6.45) is -0.952. The van der Waals surface area contributed by atoms with E-state index in [4.69, 9.17) is 9.47 Å². The van der Waals surface area contributed by atoms with E-state index in [-0.39, 0.29) is 12.3 Å². The lowest BCUT2D eigenvalue weighted by atomic mass is 10.1. The molecule has 7 heteroatoms. The molecule has 2 amide bonds. The van der Waals surface area contributed by atoms with E-state index in [1.54, 1.807) is 30.3 Å². The second-order valence-corrected chi connectivity index (χ2v) is 6.37. The minimum atomic E-state index is -0.960. The molecule has 0 unspecified atom stereocenters. The molecule has 7 nitrogen and oxygen atoms in total. The number of aryl methyl sites for hydroxylation is 1. The number of methoxy groups -OCH3 is 1. The maximum Gasteiger partial charge on any atom is 0.311 e. The first-order valence-electron chi connectivity index (χ1n) is 8.80. The average Bonchev–Trinajstić information content (AvgIpc) is 2.63. The third-order valence-electron chi connectivity index (χ3n) is 3.92. The molecule has 2 aromatic rings. The minimum absolute atomic E-state index is 0.00782. The first-order valence-corrected chi connectivity index (χ1v) is 8.80. The highest BCUT2D eigenvalue weighted by Crippen LogP contribution is 2.21. The number of hydrogen-bond donors (Lipinski definition) is 2. The Bertz CT molecular complexity index is 862. The third-order valence-corrected chi connectivity index (χ3v) is 3.92. The van der Waals surface area contributed by atoms with Gasteiger partial charge in [-0.2, -0.15) is 0 Å². The normalized spacial score (nSPS) is 11.3. The monoisotopic (exact) mass is 384 g/mol. The number of carbonyl (C=O) groups is 3. The summed E-state index contributed by atoms with van der Waals surface area (Å²) in [5, 5.41) is 5.31. The Morgan fingerprint density at radius 1 is 1.00 bits per heavy atom. The van der Waals surface area contributed by atoms with Gasteiger partial charge >= 0.3 is 5.97 Å². The van der Waals surface area contributed by atoms with Gasteiger partial charge in [0.15, 0.2) is 6.10 Å². The van der Waals surface area contributed by atoms with Crippen molar-refractivity contribution < 1.29 is 23.9 Å². The standard InChI is InChI=1S/C21H24N2O5/c1-13-5-10-19(27-4)16(11-13)12-20(25)28-14(2)21(26)23-18-8-6-17(7-9-18)22-15(3)24/h5-11,14H,12H2,1-4H3,(H,22,24)(H,23,26)/t14-/m1/s1. The Kier molecular flexibility index (Phi) is 7.14. The van der Waals surface area contributed by atoms with Crippen LogP contribution in [-0.4, -0.2) is 31.0 Å². The van der Waals surface area contributed by atoms with Gasteiger partial charge in [-0.05, 0) is 44.2 Å². The highest BCUT2D eigenvalue weighted by molar-refractivity contribution is 5.95. The summed E-state index contributed by atoms with van der Waals surface area (Å²) in [6.45, 7) is 4.84. The SMILES string of the molecule is COc1ccc(C)cc1CC(=O)O[C@H](C)C(=O)Nc1ccc(NC(C)=O)cc1. The summed E-state index contributed by atoms with van der Waals surface area (Å²) in [4.78, 5) is 35.5. The minimum Gasteiger partial charge on any atom is -0.496 e. The van der Waals surface area contributed by atoms with Crippen LogP contribution in [0, 0.1) is 6.92 Å².